The van der Waals surface area contributed by atoms with Crippen LogP contribution in [0, 0.1) is 5.82 Å². The molecule has 0 amide bonds. The molecule has 2 rings (SSSR count). The van der Waals surface area contributed by atoms with Gasteiger partial charge in [-0.05, 0) is 18.2 Å². The first-order chi connectivity index (χ1) is 6.66. The molecule has 2 aromatic rings. The molecule has 0 atom stereocenters. The molecule has 0 aliphatic heterocycles. The maximum absolute atomic E-state index is 13.4. The van der Waals surface area contributed by atoms with Crippen LogP contribution < -0.4 is 0 Å². The summed E-state index contributed by atoms with van der Waals surface area (Å²) in [6.45, 7) is 0. The standard InChI is InChI=1S/C9H4Br2FNO/c10-5-1-2-6(7(12)3-5)8-4-14-9(11)13-8/h1-4H. The van der Waals surface area contributed by atoms with E-state index in [2.05, 4.69) is 36.8 Å². The van der Waals surface area contributed by atoms with Crippen LogP contribution in [0.3, 0.4) is 0 Å². The van der Waals surface area contributed by atoms with Gasteiger partial charge in [0.2, 0.25) is 0 Å². The van der Waals surface area contributed by atoms with Crippen molar-refractivity contribution in [2.24, 2.45) is 0 Å². The molecule has 1 heterocycles. The van der Waals surface area contributed by atoms with Gasteiger partial charge in [0.15, 0.2) is 0 Å². The van der Waals surface area contributed by atoms with Gasteiger partial charge in [-0.3, -0.25) is 0 Å². The number of aromatic nitrogens is 1. The summed E-state index contributed by atoms with van der Waals surface area (Å²) in [5.74, 6) is -0.333. The molecule has 0 aliphatic rings. The van der Waals surface area contributed by atoms with Gasteiger partial charge in [-0.15, -0.1) is 0 Å². The predicted molar refractivity (Wildman–Crippen MR) is 57.3 cm³/mol. The maximum atomic E-state index is 13.4. The summed E-state index contributed by atoms with van der Waals surface area (Å²) in [5, 5.41) is 0. The minimum atomic E-state index is -0.333. The van der Waals surface area contributed by atoms with Gasteiger partial charge in [-0.25, -0.2) is 9.37 Å². The predicted octanol–water partition coefficient (Wildman–Crippen LogP) is 4.01. The van der Waals surface area contributed by atoms with E-state index < -0.39 is 0 Å². The number of oxazole rings is 1. The van der Waals surface area contributed by atoms with E-state index in [1.54, 1.807) is 12.1 Å². The van der Waals surface area contributed by atoms with E-state index in [1.165, 1.54) is 12.3 Å². The molecule has 0 unspecified atom stereocenters. The highest BCUT2D eigenvalue weighted by Crippen LogP contribution is 2.25. The Hall–Kier alpha value is -0.680. The van der Waals surface area contributed by atoms with Crippen LogP contribution >= 0.6 is 31.9 Å². The third-order valence-corrected chi connectivity index (χ3v) is 2.54. The lowest BCUT2D eigenvalue weighted by Crippen LogP contribution is -1.83. The van der Waals surface area contributed by atoms with Gasteiger partial charge in [0.05, 0.1) is 0 Å². The third-order valence-electron chi connectivity index (χ3n) is 1.68. The van der Waals surface area contributed by atoms with Crippen LogP contribution in [0.15, 0.2) is 38.2 Å². The summed E-state index contributed by atoms with van der Waals surface area (Å²) < 4.78 is 19.0. The van der Waals surface area contributed by atoms with E-state index in [0.29, 0.717) is 20.5 Å². The molecule has 2 nitrogen and oxygen atoms in total. The summed E-state index contributed by atoms with van der Waals surface area (Å²) in [6, 6.07) is 4.78. The summed E-state index contributed by atoms with van der Waals surface area (Å²) in [7, 11) is 0. The van der Waals surface area contributed by atoms with Crippen LogP contribution in [-0.4, -0.2) is 4.98 Å². The summed E-state index contributed by atoms with van der Waals surface area (Å²) in [4.78, 5) is 4.31. The zero-order valence-electron chi connectivity index (χ0n) is 6.80. The Morgan fingerprint density at radius 2 is 2.07 bits per heavy atom. The molecule has 0 saturated carbocycles. The molecule has 14 heavy (non-hydrogen) atoms. The first-order valence-corrected chi connectivity index (χ1v) is 5.32. The molecule has 5 heteroatoms. The molecule has 1 aromatic carbocycles. The Labute approximate surface area is 96.4 Å². The second kappa shape index (κ2) is 3.82. The first kappa shape index (κ1) is 9.86. The van der Waals surface area contributed by atoms with Crippen molar-refractivity contribution in [3.8, 4) is 11.3 Å². The number of hydrogen-bond acceptors (Lipinski definition) is 2. The van der Waals surface area contributed by atoms with Crippen molar-refractivity contribution in [3.63, 3.8) is 0 Å². The van der Waals surface area contributed by atoms with Crippen molar-refractivity contribution in [1.29, 1.82) is 0 Å². The Balaban J connectivity index is 2.52. The topological polar surface area (TPSA) is 26.0 Å². The quantitative estimate of drug-likeness (QED) is 0.793. The van der Waals surface area contributed by atoms with Crippen LogP contribution in [0.1, 0.15) is 0 Å². The molecule has 0 bridgehead atoms. The normalized spacial score (nSPS) is 10.5. The van der Waals surface area contributed by atoms with E-state index in [4.69, 9.17) is 4.42 Å². The number of nitrogens with zero attached hydrogens (tertiary/aromatic N) is 1. The van der Waals surface area contributed by atoms with E-state index >= 15 is 0 Å². The number of rotatable bonds is 1. The first-order valence-electron chi connectivity index (χ1n) is 3.73. The summed E-state index contributed by atoms with van der Waals surface area (Å²) in [5.41, 5.74) is 0.893. The molecule has 0 N–H and O–H groups in total. The SMILES string of the molecule is Fc1cc(Br)ccc1-c1coc(Br)n1. The van der Waals surface area contributed by atoms with Crippen molar-refractivity contribution in [3.05, 3.63) is 39.6 Å². The average Bonchev–Trinajstić information content (AvgIpc) is 2.51. The molecular weight excluding hydrogens is 317 g/mol. The Bertz CT molecular complexity index is 470. The van der Waals surface area contributed by atoms with Gasteiger partial charge in [-0.2, -0.15) is 0 Å². The second-order valence-corrected chi connectivity index (χ2v) is 4.20. The van der Waals surface area contributed by atoms with Crippen LogP contribution in [0.2, 0.25) is 0 Å². The number of hydrogen-bond donors (Lipinski definition) is 0. The Morgan fingerprint density at radius 3 is 2.64 bits per heavy atom. The fraction of sp³-hybridized carbons (Fsp3) is 0. The van der Waals surface area contributed by atoms with Crippen molar-refractivity contribution in [2.45, 2.75) is 0 Å². The molecule has 0 spiro atoms. The Morgan fingerprint density at radius 1 is 1.29 bits per heavy atom. The van der Waals surface area contributed by atoms with Gasteiger partial charge >= 0.3 is 0 Å². The molecule has 0 fully saturated rings. The Kier molecular flexibility index (Phi) is 2.69. The maximum Gasteiger partial charge on any atom is 0.264 e. The van der Waals surface area contributed by atoms with Gasteiger partial charge in [0.25, 0.3) is 4.80 Å². The molecule has 0 aliphatic carbocycles. The number of benzene rings is 1. The van der Waals surface area contributed by atoms with E-state index in [9.17, 15) is 4.39 Å². The third kappa shape index (κ3) is 1.88. The van der Waals surface area contributed by atoms with Gasteiger partial charge in [0.1, 0.15) is 17.8 Å². The lowest BCUT2D eigenvalue weighted by Gasteiger charge is -1.98. The van der Waals surface area contributed by atoms with E-state index in [1.807, 2.05) is 0 Å². The highest BCUT2D eigenvalue weighted by atomic mass is 79.9. The van der Waals surface area contributed by atoms with Crippen LogP contribution in [0.5, 0.6) is 0 Å². The van der Waals surface area contributed by atoms with Gasteiger partial charge in [0, 0.05) is 26.0 Å². The van der Waals surface area contributed by atoms with Gasteiger partial charge < -0.3 is 4.42 Å². The van der Waals surface area contributed by atoms with Crippen molar-refractivity contribution in [2.75, 3.05) is 0 Å². The zero-order valence-corrected chi connectivity index (χ0v) is 9.97. The smallest absolute Gasteiger partial charge is 0.264 e. The minimum Gasteiger partial charge on any atom is -0.439 e. The van der Waals surface area contributed by atoms with Crippen LogP contribution in [-0.2, 0) is 0 Å². The fourth-order valence-electron chi connectivity index (χ4n) is 1.07. The van der Waals surface area contributed by atoms with Crippen molar-refractivity contribution in [1.82, 2.24) is 4.98 Å². The highest BCUT2D eigenvalue weighted by molar-refractivity contribution is 9.10. The average molecular weight is 321 g/mol. The van der Waals surface area contributed by atoms with E-state index in [0.717, 1.165) is 0 Å². The lowest BCUT2D eigenvalue weighted by molar-refractivity contribution is 0.529. The van der Waals surface area contributed by atoms with Crippen LogP contribution in [0.25, 0.3) is 11.3 Å². The zero-order chi connectivity index (χ0) is 10.1. The minimum absolute atomic E-state index is 0.333. The molecule has 1 aromatic heterocycles. The summed E-state index contributed by atoms with van der Waals surface area (Å²) >= 11 is 6.24. The molecule has 0 radical (unpaired) electrons. The largest absolute Gasteiger partial charge is 0.439 e. The summed E-state index contributed by atoms with van der Waals surface area (Å²) in [6.07, 6.45) is 1.40. The molecular formula is C9H4Br2FNO. The monoisotopic (exact) mass is 319 g/mol. The second-order valence-electron chi connectivity index (χ2n) is 2.61. The van der Waals surface area contributed by atoms with Crippen LogP contribution in [0.4, 0.5) is 4.39 Å². The van der Waals surface area contributed by atoms with Crippen molar-refractivity contribution >= 4 is 31.9 Å². The van der Waals surface area contributed by atoms with Gasteiger partial charge in [-0.1, -0.05) is 15.9 Å². The highest BCUT2D eigenvalue weighted by Gasteiger charge is 2.09. The van der Waals surface area contributed by atoms with Crippen molar-refractivity contribution < 1.29 is 8.81 Å². The molecule has 72 valence electrons. The lowest BCUT2D eigenvalue weighted by atomic mass is 10.1. The fourth-order valence-corrected chi connectivity index (χ4v) is 1.69. The number of halogens is 3. The molecule has 0 saturated heterocycles. The van der Waals surface area contributed by atoms with E-state index in [-0.39, 0.29) is 5.82 Å².